The third-order valence-electron chi connectivity index (χ3n) is 4.31. The van der Waals surface area contributed by atoms with Crippen molar-refractivity contribution >= 4 is 22.2 Å². The number of aromatic nitrogens is 1. The summed E-state index contributed by atoms with van der Waals surface area (Å²) in [5.74, 6) is 0.763. The molecule has 1 aliphatic carbocycles. The van der Waals surface area contributed by atoms with Gasteiger partial charge < -0.3 is 10.6 Å². The molecule has 2 N–H and O–H groups in total. The Kier molecular flexibility index (Phi) is 2.96. The SMILES string of the molecule is C[C@@H]1CCc2c(sc3c2C(=O)N[C@H](c2cccnc2)N3)C1. The Morgan fingerprint density at radius 1 is 1.38 bits per heavy atom. The lowest BCUT2D eigenvalue weighted by molar-refractivity contribution is 0.0935. The van der Waals surface area contributed by atoms with E-state index in [1.807, 2.05) is 12.1 Å². The highest BCUT2D eigenvalue weighted by atomic mass is 32.1. The van der Waals surface area contributed by atoms with E-state index >= 15 is 0 Å². The largest absolute Gasteiger partial charge is 0.353 e. The molecule has 2 aromatic rings. The fourth-order valence-electron chi connectivity index (χ4n) is 3.18. The van der Waals surface area contributed by atoms with Crippen molar-refractivity contribution in [3.63, 3.8) is 0 Å². The maximum atomic E-state index is 12.5. The van der Waals surface area contributed by atoms with E-state index in [2.05, 4.69) is 22.5 Å². The van der Waals surface area contributed by atoms with Gasteiger partial charge in [0.25, 0.3) is 5.91 Å². The van der Waals surface area contributed by atoms with Crippen LogP contribution in [0.2, 0.25) is 0 Å². The highest BCUT2D eigenvalue weighted by Crippen LogP contribution is 2.42. The van der Waals surface area contributed by atoms with Gasteiger partial charge in [0.15, 0.2) is 0 Å². The Morgan fingerprint density at radius 3 is 3.10 bits per heavy atom. The van der Waals surface area contributed by atoms with Crippen molar-refractivity contribution in [2.75, 3.05) is 5.32 Å². The summed E-state index contributed by atoms with van der Waals surface area (Å²) in [5, 5.41) is 7.54. The summed E-state index contributed by atoms with van der Waals surface area (Å²) in [6.07, 6.45) is 6.64. The van der Waals surface area contributed by atoms with E-state index in [-0.39, 0.29) is 12.1 Å². The van der Waals surface area contributed by atoms with Crippen LogP contribution in [0, 0.1) is 5.92 Å². The number of nitrogens with zero attached hydrogens (tertiary/aromatic N) is 1. The first-order chi connectivity index (χ1) is 10.2. The molecule has 0 aromatic carbocycles. The summed E-state index contributed by atoms with van der Waals surface area (Å²) in [4.78, 5) is 18.0. The number of amides is 1. The molecule has 5 heteroatoms. The van der Waals surface area contributed by atoms with Crippen molar-refractivity contribution in [2.24, 2.45) is 5.92 Å². The molecule has 3 heterocycles. The van der Waals surface area contributed by atoms with Crippen LogP contribution in [0.3, 0.4) is 0 Å². The minimum absolute atomic E-state index is 0.0460. The first kappa shape index (κ1) is 12.8. The molecule has 0 saturated carbocycles. The first-order valence-electron chi connectivity index (χ1n) is 7.34. The van der Waals surface area contributed by atoms with Crippen molar-refractivity contribution < 1.29 is 4.79 Å². The number of anilines is 1. The summed E-state index contributed by atoms with van der Waals surface area (Å²) >= 11 is 1.75. The van der Waals surface area contributed by atoms with Crippen LogP contribution in [0.1, 0.15) is 45.9 Å². The first-order valence-corrected chi connectivity index (χ1v) is 8.16. The van der Waals surface area contributed by atoms with E-state index in [0.29, 0.717) is 0 Å². The molecule has 2 aliphatic rings. The Hall–Kier alpha value is -1.88. The average molecular weight is 299 g/mol. The Balaban J connectivity index is 1.71. The number of pyridine rings is 1. The van der Waals surface area contributed by atoms with Crippen molar-refractivity contribution in [3.05, 3.63) is 46.1 Å². The monoisotopic (exact) mass is 299 g/mol. The molecule has 4 rings (SSSR count). The fourth-order valence-corrected chi connectivity index (χ4v) is 4.61. The maximum Gasteiger partial charge on any atom is 0.256 e. The van der Waals surface area contributed by atoms with E-state index in [1.54, 1.807) is 23.7 Å². The third kappa shape index (κ3) is 2.12. The highest BCUT2D eigenvalue weighted by molar-refractivity contribution is 7.16. The lowest BCUT2D eigenvalue weighted by Gasteiger charge is -2.26. The molecule has 1 aliphatic heterocycles. The molecule has 1 amide bonds. The van der Waals surface area contributed by atoms with Gasteiger partial charge in [-0.1, -0.05) is 13.0 Å². The summed E-state index contributed by atoms with van der Waals surface area (Å²) in [6, 6.07) is 3.87. The second-order valence-electron chi connectivity index (χ2n) is 5.89. The predicted molar refractivity (Wildman–Crippen MR) is 83.6 cm³/mol. The average Bonchev–Trinajstić information content (AvgIpc) is 2.85. The van der Waals surface area contributed by atoms with Crippen LogP contribution in [0.25, 0.3) is 0 Å². The van der Waals surface area contributed by atoms with Crippen LogP contribution in [0.4, 0.5) is 5.00 Å². The zero-order valence-corrected chi connectivity index (χ0v) is 12.7. The van der Waals surface area contributed by atoms with E-state index in [1.165, 1.54) is 16.9 Å². The van der Waals surface area contributed by atoms with Crippen molar-refractivity contribution in [1.82, 2.24) is 10.3 Å². The van der Waals surface area contributed by atoms with Crippen LogP contribution in [-0.4, -0.2) is 10.9 Å². The van der Waals surface area contributed by atoms with Crippen molar-refractivity contribution in [1.29, 1.82) is 0 Å². The van der Waals surface area contributed by atoms with E-state index in [9.17, 15) is 4.79 Å². The van der Waals surface area contributed by atoms with Gasteiger partial charge in [-0.05, 0) is 36.8 Å². The van der Waals surface area contributed by atoms with Crippen LogP contribution >= 0.6 is 11.3 Å². The third-order valence-corrected chi connectivity index (χ3v) is 5.49. The number of carbonyl (C=O) groups is 1. The summed E-state index contributed by atoms with van der Waals surface area (Å²) in [6.45, 7) is 2.29. The zero-order valence-electron chi connectivity index (χ0n) is 11.8. The molecule has 0 unspecified atom stereocenters. The Labute approximate surface area is 127 Å². The summed E-state index contributed by atoms with van der Waals surface area (Å²) in [7, 11) is 0. The quantitative estimate of drug-likeness (QED) is 0.850. The second-order valence-corrected chi connectivity index (χ2v) is 7.00. The molecule has 4 nitrogen and oxygen atoms in total. The van der Waals surface area contributed by atoms with Crippen molar-refractivity contribution in [3.8, 4) is 0 Å². The molecule has 0 bridgehead atoms. The number of hydrogen-bond donors (Lipinski definition) is 2. The second kappa shape index (κ2) is 4.84. The smallest absolute Gasteiger partial charge is 0.256 e. The molecular formula is C16H17N3OS. The minimum Gasteiger partial charge on any atom is -0.353 e. The van der Waals surface area contributed by atoms with Gasteiger partial charge in [-0.25, -0.2) is 0 Å². The number of nitrogens with one attached hydrogen (secondary N) is 2. The molecular weight excluding hydrogens is 282 g/mol. The van der Waals surface area contributed by atoms with E-state index < -0.39 is 0 Å². The molecule has 0 radical (unpaired) electrons. The Morgan fingerprint density at radius 2 is 2.29 bits per heavy atom. The maximum absolute atomic E-state index is 12.5. The zero-order chi connectivity index (χ0) is 14.4. The van der Waals surface area contributed by atoms with Crippen LogP contribution in [-0.2, 0) is 12.8 Å². The fraction of sp³-hybridized carbons (Fsp3) is 0.375. The van der Waals surface area contributed by atoms with Gasteiger partial charge in [0, 0.05) is 22.8 Å². The van der Waals surface area contributed by atoms with E-state index in [4.69, 9.17) is 0 Å². The van der Waals surface area contributed by atoms with Gasteiger partial charge in [-0.2, -0.15) is 0 Å². The topological polar surface area (TPSA) is 54.0 Å². The number of thiophene rings is 1. The van der Waals surface area contributed by atoms with Gasteiger partial charge in [-0.15, -0.1) is 11.3 Å². The number of hydrogen-bond acceptors (Lipinski definition) is 4. The van der Waals surface area contributed by atoms with Crippen molar-refractivity contribution in [2.45, 2.75) is 32.4 Å². The van der Waals surface area contributed by atoms with Crippen LogP contribution in [0.15, 0.2) is 24.5 Å². The number of carbonyl (C=O) groups excluding carboxylic acids is 1. The molecule has 2 atom stereocenters. The summed E-state index contributed by atoms with van der Waals surface area (Å²) in [5.41, 5.74) is 3.13. The highest BCUT2D eigenvalue weighted by Gasteiger charge is 2.32. The standard InChI is InChI=1S/C16H17N3OS/c1-9-4-5-11-12(7-9)21-16-13(11)15(20)18-14(19-16)10-3-2-6-17-8-10/h2-3,6,8-9,14,19H,4-5,7H2,1H3,(H,18,20)/t9-,14+/m1/s1. The number of fused-ring (bicyclic) bond motifs is 3. The molecule has 21 heavy (non-hydrogen) atoms. The lowest BCUT2D eigenvalue weighted by atomic mass is 9.88. The van der Waals surface area contributed by atoms with Gasteiger partial charge in [0.1, 0.15) is 11.2 Å². The molecule has 108 valence electrons. The van der Waals surface area contributed by atoms with Gasteiger partial charge in [-0.3, -0.25) is 9.78 Å². The minimum atomic E-state index is -0.184. The Bertz CT molecular complexity index is 695. The molecule has 0 spiro atoms. The predicted octanol–water partition coefficient (Wildman–Crippen LogP) is 3.12. The van der Waals surface area contributed by atoms with Gasteiger partial charge in [0.05, 0.1) is 5.56 Å². The number of rotatable bonds is 1. The molecule has 2 aromatic heterocycles. The van der Waals surface area contributed by atoms with Gasteiger partial charge >= 0.3 is 0 Å². The molecule has 0 saturated heterocycles. The van der Waals surface area contributed by atoms with Crippen LogP contribution in [0.5, 0.6) is 0 Å². The van der Waals surface area contributed by atoms with Gasteiger partial charge in [0.2, 0.25) is 0 Å². The molecule has 0 fully saturated rings. The normalized spacial score (nSPS) is 23.8. The van der Waals surface area contributed by atoms with Crippen LogP contribution < -0.4 is 10.6 Å². The van der Waals surface area contributed by atoms with E-state index in [0.717, 1.165) is 34.9 Å². The summed E-state index contributed by atoms with van der Waals surface area (Å²) < 4.78 is 0. The lowest BCUT2D eigenvalue weighted by Crippen LogP contribution is -2.38.